The van der Waals surface area contributed by atoms with E-state index in [2.05, 4.69) is 16.6 Å². The molecule has 7 heteroatoms. The fourth-order valence-electron chi connectivity index (χ4n) is 1.43. The van der Waals surface area contributed by atoms with Gasteiger partial charge in [-0.2, -0.15) is 0 Å². The first kappa shape index (κ1) is 15.9. The van der Waals surface area contributed by atoms with Crippen LogP contribution in [0.4, 0.5) is 5.69 Å². The van der Waals surface area contributed by atoms with E-state index >= 15 is 0 Å². The molecule has 1 heterocycles. The maximum absolute atomic E-state index is 11.9. The molecule has 0 saturated heterocycles. The zero-order chi connectivity index (χ0) is 14.1. The number of ether oxygens (including phenoxy) is 1. The van der Waals surface area contributed by atoms with Crippen LogP contribution in [-0.4, -0.2) is 33.2 Å². The smallest absolute Gasteiger partial charge is 0.260 e. The molecule has 0 unspecified atom stereocenters. The minimum atomic E-state index is -3.63. The van der Waals surface area contributed by atoms with Gasteiger partial charge < -0.3 is 10.5 Å². The number of rotatable bonds is 9. The molecule has 0 aliphatic rings. The van der Waals surface area contributed by atoms with Gasteiger partial charge in [-0.3, -0.25) is 0 Å². The normalized spacial score (nSPS) is 11.6. The summed E-state index contributed by atoms with van der Waals surface area (Å²) in [7, 11) is -3.63. The average Bonchev–Trinajstić information content (AvgIpc) is 2.38. The highest BCUT2D eigenvalue weighted by Gasteiger charge is 2.17. The topological polar surface area (TPSA) is 94.3 Å². The van der Waals surface area contributed by atoms with E-state index in [1.165, 1.54) is 12.3 Å². The van der Waals surface area contributed by atoms with Crippen LogP contribution >= 0.6 is 0 Å². The summed E-state index contributed by atoms with van der Waals surface area (Å²) in [5.74, 6) is 0. The Morgan fingerprint density at radius 2 is 2.11 bits per heavy atom. The molecule has 19 heavy (non-hydrogen) atoms. The van der Waals surface area contributed by atoms with Gasteiger partial charge in [0, 0.05) is 26.0 Å². The maximum atomic E-state index is 11.9. The van der Waals surface area contributed by atoms with Crippen molar-refractivity contribution >= 4 is 15.7 Å². The van der Waals surface area contributed by atoms with Gasteiger partial charge in [0.15, 0.2) is 5.03 Å². The number of nitrogen functional groups attached to an aromatic ring is 1. The summed E-state index contributed by atoms with van der Waals surface area (Å²) in [6.07, 6.45) is 4.14. The van der Waals surface area contributed by atoms with Crippen molar-refractivity contribution in [3.8, 4) is 0 Å². The number of hydrogen-bond acceptors (Lipinski definition) is 5. The van der Waals surface area contributed by atoms with Gasteiger partial charge in [-0.05, 0) is 25.0 Å². The highest BCUT2D eigenvalue weighted by molar-refractivity contribution is 7.89. The van der Waals surface area contributed by atoms with E-state index in [0.29, 0.717) is 19.6 Å². The van der Waals surface area contributed by atoms with Crippen LogP contribution in [0.1, 0.15) is 26.2 Å². The average molecular weight is 287 g/mol. The van der Waals surface area contributed by atoms with Crippen LogP contribution in [0.3, 0.4) is 0 Å². The van der Waals surface area contributed by atoms with Gasteiger partial charge in [-0.1, -0.05) is 13.3 Å². The molecular formula is C12H21N3O3S. The summed E-state index contributed by atoms with van der Waals surface area (Å²) < 4.78 is 31.6. The molecule has 0 spiro atoms. The molecule has 0 fully saturated rings. The van der Waals surface area contributed by atoms with E-state index in [1.54, 1.807) is 6.07 Å². The summed E-state index contributed by atoms with van der Waals surface area (Å²) >= 11 is 0. The number of nitrogens with two attached hydrogens (primary N) is 1. The Hall–Kier alpha value is -1.18. The minimum absolute atomic E-state index is 0.123. The van der Waals surface area contributed by atoms with E-state index in [1.807, 2.05) is 0 Å². The monoisotopic (exact) mass is 287 g/mol. The lowest BCUT2D eigenvalue weighted by molar-refractivity contribution is 0.130. The van der Waals surface area contributed by atoms with Gasteiger partial charge in [-0.25, -0.2) is 18.1 Å². The van der Waals surface area contributed by atoms with Gasteiger partial charge in [0.1, 0.15) is 0 Å². The van der Waals surface area contributed by atoms with Crippen molar-refractivity contribution in [2.24, 2.45) is 0 Å². The Bertz CT molecular complexity index is 477. The van der Waals surface area contributed by atoms with Crippen LogP contribution in [0, 0.1) is 0 Å². The second kappa shape index (κ2) is 8.08. The number of aromatic nitrogens is 1. The molecular weight excluding hydrogens is 266 g/mol. The highest BCUT2D eigenvalue weighted by atomic mass is 32.2. The first-order chi connectivity index (χ1) is 9.08. The van der Waals surface area contributed by atoms with Crippen LogP contribution in [0.5, 0.6) is 0 Å². The van der Waals surface area contributed by atoms with E-state index in [4.69, 9.17) is 10.5 Å². The van der Waals surface area contributed by atoms with Crippen molar-refractivity contribution in [2.45, 2.75) is 31.2 Å². The molecule has 3 N–H and O–H groups in total. The van der Waals surface area contributed by atoms with Crippen molar-refractivity contribution in [3.05, 3.63) is 18.3 Å². The van der Waals surface area contributed by atoms with Gasteiger partial charge in [-0.15, -0.1) is 0 Å². The van der Waals surface area contributed by atoms with E-state index in [9.17, 15) is 8.42 Å². The second-order valence-electron chi connectivity index (χ2n) is 4.12. The first-order valence-electron chi connectivity index (χ1n) is 6.36. The predicted molar refractivity (Wildman–Crippen MR) is 74.2 cm³/mol. The fraction of sp³-hybridized carbons (Fsp3) is 0.583. The number of hydrogen-bond donors (Lipinski definition) is 2. The number of nitrogens with one attached hydrogen (secondary N) is 1. The number of pyridine rings is 1. The Balaban J connectivity index is 2.34. The van der Waals surface area contributed by atoms with Crippen LogP contribution in [0.15, 0.2) is 23.4 Å². The molecule has 0 aromatic carbocycles. The van der Waals surface area contributed by atoms with Gasteiger partial charge in [0.2, 0.25) is 0 Å². The summed E-state index contributed by atoms with van der Waals surface area (Å²) in [4.78, 5) is 3.78. The van der Waals surface area contributed by atoms with Crippen LogP contribution in [-0.2, 0) is 14.8 Å². The van der Waals surface area contributed by atoms with Gasteiger partial charge in [0.25, 0.3) is 10.0 Å². The van der Waals surface area contributed by atoms with Crippen LogP contribution in [0.2, 0.25) is 0 Å². The number of nitrogens with zero attached hydrogens (tertiary/aromatic N) is 1. The summed E-state index contributed by atoms with van der Waals surface area (Å²) in [5, 5.41) is -0.123. The molecule has 0 radical (unpaired) electrons. The number of anilines is 1. The Labute approximate surface area is 114 Å². The molecule has 0 aliphatic heterocycles. The lowest BCUT2D eigenvalue weighted by Crippen LogP contribution is -2.27. The third kappa shape index (κ3) is 5.54. The van der Waals surface area contributed by atoms with Crippen LogP contribution < -0.4 is 10.5 Å². The van der Waals surface area contributed by atoms with Crippen molar-refractivity contribution in [1.29, 1.82) is 0 Å². The lowest BCUT2D eigenvalue weighted by Gasteiger charge is -2.08. The third-order valence-electron chi connectivity index (χ3n) is 2.45. The zero-order valence-corrected chi connectivity index (χ0v) is 11.9. The van der Waals surface area contributed by atoms with Crippen molar-refractivity contribution in [2.75, 3.05) is 25.5 Å². The first-order valence-corrected chi connectivity index (χ1v) is 7.84. The van der Waals surface area contributed by atoms with Crippen molar-refractivity contribution < 1.29 is 13.2 Å². The summed E-state index contributed by atoms with van der Waals surface area (Å²) in [5.41, 5.74) is 5.73. The van der Waals surface area contributed by atoms with E-state index in [0.717, 1.165) is 19.4 Å². The molecule has 1 aromatic heterocycles. The Kier molecular flexibility index (Phi) is 6.75. The SMILES string of the molecule is CCCCOCCCNS(=O)(=O)c1ncccc1N. The standard InChI is InChI=1S/C12H21N3O3S/c1-2-3-9-18-10-5-8-15-19(16,17)12-11(13)6-4-7-14-12/h4,6-7,15H,2-3,5,8-10,13H2,1H3. The largest absolute Gasteiger partial charge is 0.396 e. The molecule has 6 nitrogen and oxygen atoms in total. The van der Waals surface area contributed by atoms with Crippen molar-refractivity contribution in [3.63, 3.8) is 0 Å². The van der Waals surface area contributed by atoms with Gasteiger partial charge in [0.05, 0.1) is 5.69 Å². The van der Waals surface area contributed by atoms with Crippen molar-refractivity contribution in [1.82, 2.24) is 9.71 Å². The number of sulfonamides is 1. The molecule has 108 valence electrons. The molecule has 0 aliphatic carbocycles. The summed E-state index contributed by atoms with van der Waals surface area (Å²) in [6, 6.07) is 3.10. The third-order valence-corrected chi connectivity index (χ3v) is 3.89. The molecule has 0 saturated carbocycles. The molecule has 0 bridgehead atoms. The maximum Gasteiger partial charge on any atom is 0.260 e. The zero-order valence-electron chi connectivity index (χ0n) is 11.1. The fourth-order valence-corrected chi connectivity index (χ4v) is 2.55. The second-order valence-corrected chi connectivity index (χ2v) is 5.80. The Morgan fingerprint density at radius 3 is 2.79 bits per heavy atom. The molecule has 0 atom stereocenters. The molecule has 0 amide bonds. The Morgan fingerprint density at radius 1 is 1.37 bits per heavy atom. The highest BCUT2D eigenvalue weighted by Crippen LogP contribution is 2.13. The lowest BCUT2D eigenvalue weighted by atomic mass is 10.4. The predicted octanol–water partition coefficient (Wildman–Crippen LogP) is 1.15. The molecule has 1 rings (SSSR count). The quantitative estimate of drug-likeness (QED) is 0.664. The summed E-state index contributed by atoms with van der Waals surface area (Å²) in [6.45, 7) is 3.66. The van der Waals surface area contributed by atoms with E-state index < -0.39 is 10.0 Å². The number of unbranched alkanes of at least 4 members (excludes halogenated alkanes) is 1. The van der Waals surface area contributed by atoms with Gasteiger partial charge >= 0.3 is 0 Å². The minimum Gasteiger partial charge on any atom is -0.396 e. The van der Waals surface area contributed by atoms with Crippen LogP contribution in [0.25, 0.3) is 0 Å². The van der Waals surface area contributed by atoms with E-state index in [-0.39, 0.29) is 10.7 Å². The molecule has 1 aromatic rings.